The van der Waals surface area contributed by atoms with Gasteiger partial charge >= 0.3 is 18.0 Å². The number of rotatable bonds is 8. The van der Waals surface area contributed by atoms with Gasteiger partial charge in [0, 0.05) is 18.2 Å². The number of hydrogen-bond donors (Lipinski definition) is 2. The topological polar surface area (TPSA) is 136 Å². The van der Waals surface area contributed by atoms with Crippen LogP contribution in [0, 0.1) is 0 Å². The molecule has 0 spiro atoms. The summed E-state index contributed by atoms with van der Waals surface area (Å²) >= 11 is 1.00. The van der Waals surface area contributed by atoms with Gasteiger partial charge in [-0.05, 0) is 39.2 Å². The number of amides is 1. The van der Waals surface area contributed by atoms with E-state index in [9.17, 15) is 19.5 Å². The lowest BCUT2D eigenvalue weighted by atomic mass is 10.0. The molecule has 182 valence electrons. The van der Waals surface area contributed by atoms with E-state index in [1.165, 1.54) is 5.38 Å². The first-order valence-corrected chi connectivity index (χ1v) is 11.6. The van der Waals surface area contributed by atoms with Crippen LogP contribution in [0.25, 0.3) is 0 Å². The lowest BCUT2D eigenvalue weighted by Gasteiger charge is -2.24. The van der Waals surface area contributed by atoms with Gasteiger partial charge in [0.2, 0.25) is 11.3 Å². The summed E-state index contributed by atoms with van der Waals surface area (Å²) in [5.74, 6) is -1.98. The van der Waals surface area contributed by atoms with Crippen LogP contribution >= 0.6 is 11.3 Å². The third-order valence-electron chi connectivity index (χ3n) is 4.86. The summed E-state index contributed by atoms with van der Waals surface area (Å²) in [6, 6.07) is 9.22. The van der Waals surface area contributed by atoms with Gasteiger partial charge in [-0.2, -0.15) is 0 Å². The molecular formula is C23H27N3O7S. The second-order valence-corrected chi connectivity index (χ2v) is 9.62. The molecule has 34 heavy (non-hydrogen) atoms. The lowest BCUT2D eigenvalue weighted by molar-refractivity contribution is -0.173. The number of carbonyl (C=O) groups excluding carboxylic acids is 2. The monoisotopic (exact) mass is 489 g/mol. The van der Waals surface area contributed by atoms with Gasteiger partial charge in [0.25, 0.3) is 0 Å². The highest BCUT2D eigenvalue weighted by molar-refractivity contribution is 7.14. The SMILES string of the molecule is CC(C)(C)OC(=O)Nc1nc(/C(=N/OC2(C(=O)OCc3ccccc3)CCCC2)C(=O)O)cs1. The van der Waals surface area contributed by atoms with Crippen molar-refractivity contribution in [1.29, 1.82) is 0 Å². The van der Waals surface area contributed by atoms with Crippen molar-refractivity contribution in [3.63, 3.8) is 0 Å². The molecule has 1 amide bonds. The van der Waals surface area contributed by atoms with Gasteiger partial charge in [-0.25, -0.2) is 19.4 Å². The van der Waals surface area contributed by atoms with Crippen LogP contribution in [0.4, 0.5) is 9.93 Å². The average Bonchev–Trinajstić information content (AvgIpc) is 3.42. The Bertz CT molecular complexity index is 1050. The lowest BCUT2D eigenvalue weighted by Crippen LogP contribution is -2.39. The molecule has 1 aromatic heterocycles. The van der Waals surface area contributed by atoms with Crippen molar-refractivity contribution in [3.8, 4) is 0 Å². The summed E-state index contributed by atoms with van der Waals surface area (Å²) in [6.45, 7) is 5.23. The Kier molecular flexibility index (Phi) is 7.87. The molecule has 1 saturated carbocycles. The van der Waals surface area contributed by atoms with Gasteiger partial charge in [-0.3, -0.25) is 5.32 Å². The summed E-state index contributed by atoms with van der Waals surface area (Å²) in [7, 11) is 0. The van der Waals surface area contributed by atoms with E-state index in [1.54, 1.807) is 20.8 Å². The number of carbonyl (C=O) groups is 3. The smallest absolute Gasteiger partial charge is 0.413 e. The summed E-state index contributed by atoms with van der Waals surface area (Å²) in [4.78, 5) is 46.3. The molecule has 0 saturated heterocycles. The van der Waals surface area contributed by atoms with Crippen molar-refractivity contribution in [2.75, 3.05) is 5.32 Å². The number of carboxylic acids is 1. The quantitative estimate of drug-likeness (QED) is 0.317. The van der Waals surface area contributed by atoms with Crippen molar-refractivity contribution in [3.05, 3.63) is 47.0 Å². The first-order chi connectivity index (χ1) is 16.1. The molecule has 0 aliphatic heterocycles. The molecule has 1 aromatic carbocycles. The van der Waals surface area contributed by atoms with E-state index in [-0.39, 0.29) is 17.4 Å². The van der Waals surface area contributed by atoms with Crippen molar-refractivity contribution in [2.24, 2.45) is 5.16 Å². The van der Waals surface area contributed by atoms with E-state index >= 15 is 0 Å². The summed E-state index contributed by atoms with van der Waals surface area (Å²) in [5.41, 5.74) is -1.74. The standard InChI is InChI=1S/C23H27N3O7S/c1-22(2,3)32-21(30)25-20-24-16(14-34-20)17(18(27)28)26-33-23(11-7-8-12-23)19(29)31-13-15-9-5-4-6-10-15/h4-6,9-10,14H,7-8,11-13H2,1-3H3,(H,27,28)(H,24,25,30)/b26-17-. The number of benzene rings is 1. The van der Waals surface area contributed by atoms with Gasteiger partial charge in [0.1, 0.15) is 17.9 Å². The number of ether oxygens (including phenoxy) is 2. The van der Waals surface area contributed by atoms with Crippen LogP contribution in [-0.2, 0) is 30.5 Å². The molecule has 1 aliphatic rings. The largest absolute Gasteiger partial charge is 0.476 e. The molecule has 0 unspecified atom stereocenters. The fourth-order valence-corrected chi connectivity index (χ4v) is 3.97. The number of anilines is 1. The van der Waals surface area contributed by atoms with Crippen LogP contribution < -0.4 is 5.32 Å². The number of aromatic nitrogens is 1. The van der Waals surface area contributed by atoms with Crippen LogP contribution in [0.2, 0.25) is 0 Å². The minimum absolute atomic E-state index is 0.0191. The van der Waals surface area contributed by atoms with E-state index in [2.05, 4.69) is 15.5 Å². The molecule has 1 heterocycles. The maximum Gasteiger partial charge on any atom is 0.413 e. The molecule has 1 aliphatic carbocycles. The van der Waals surface area contributed by atoms with Crippen molar-refractivity contribution >= 4 is 40.2 Å². The van der Waals surface area contributed by atoms with Gasteiger partial charge in [-0.15, -0.1) is 11.3 Å². The Morgan fingerprint density at radius 1 is 1.18 bits per heavy atom. The number of aliphatic carboxylic acids is 1. The molecule has 1 fully saturated rings. The summed E-state index contributed by atoms with van der Waals surface area (Å²) in [6.07, 6.45) is 1.45. The first kappa shape index (κ1) is 25.2. The maximum absolute atomic E-state index is 12.9. The molecule has 0 atom stereocenters. The minimum Gasteiger partial charge on any atom is -0.476 e. The summed E-state index contributed by atoms with van der Waals surface area (Å²) < 4.78 is 10.6. The van der Waals surface area contributed by atoms with E-state index in [4.69, 9.17) is 14.3 Å². The molecule has 10 nitrogen and oxygen atoms in total. The zero-order valence-corrected chi connectivity index (χ0v) is 20.0. The third kappa shape index (κ3) is 6.77. The zero-order valence-electron chi connectivity index (χ0n) is 19.2. The van der Waals surface area contributed by atoms with Gasteiger partial charge in [0.05, 0.1) is 0 Å². The second-order valence-electron chi connectivity index (χ2n) is 8.76. The van der Waals surface area contributed by atoms with Crippen molar-refractivity contribution < 1.29 is 33.8 Å². The fraction of sp³-hybridized carbons (Fsp3) is 0.435. The van der Waals surface area contributed by atoms with Crippen molar-refractivity contribution in [2.45, 2.75) is 64.3 Å². The van der Waals surface area contributed by atoms with E-state index in [1.807, 2.05) is 30.3 Å². The highest BCUT2D eigenvalue weighted by Gasteiger charge is 2.46. The number of nitrogens with zero attached hydrogens (tertiary/aromatic N) is 2. The van der Waals surface area contributed by atoms with E-state index < -0.39 is 34.9 Å². The Labute approximate surface area is 200 Å². The van der Waals surface area contributed by atoms with Gasteiger partial charge < -0.3 is 19.4 Å². The third-order valence-corrected chi connectivity index (χ3v) is 5.62. The number of hydrogen-bond acceptors (Lipinski definition) is 9. The van der Waals surface area contributed by atoms with Crippen molar-refractivity contribution in [1.82, 2.24) is 4.98 Å². The average molecular weight is 490 g/mol. The molecule has 2 N–H and O–H groups in total. The summed E-state index contributed by atoms with van der Waals surface area (Å²) in [5, 5.41) is 17.4. The molecule has 3 rings (SSSR count). The number of carboxylic acid groups (broad SMARTS) is 1. The van der Waals surface area contributed by atoms with Gasteiger partial charge in [0.15, 0.2) is 5.13 Å². The van der Waals surface area contributed by atoms with Crippen LogP contribution in [0.3, 0.4) is 0 Å². The first-order valence-electron chi connectivity index (χ1n) is 10.7. The molecular weight excluding hydrogens is 462 g/mol. The molecule has 0 radical (unpaired) electrons. The minimum atomic E-state index is -1.39. The number of nitrogens with one attached hydrogen (secondary N) is 1. The second kappa shape index (κ2) is 10.6. The fourth-order valence-electron chi connectivity index (χ4n) is 3.29. The number of thiazole rings is 1. The van der Waals surface area contributed by atoms with Crippen LogP contribution in [0.5, 0.6) is 0 Å². The van der Waals surface area contributed by atoms with Crippen LogP contribution in [0.1, 0.15) is 57.7 Å². The predicted molar refractivity (Wildman–Crippen MR) is 125 cm³/mol. The van der Waals surface area contributed by atoms with Crippen LogP contribution in [0.15, 0.2) is 40.9 Å². The zero-order chi connectivity index (χ0) is 24.8. The van der Waals surface area contributed by atoms with Crippen LogP contribution in [-0.4, -0.2) is 45.0 Å². The van der Waals surface area contributed by atoms with E-state index in [0.717, 1.165) is 29.7 Å². The Hall–Kier alpha value is -3.47. The van der Waals surface area contributed by atoms with Gasteiger partial charge in [-0.1, -0.05) is 35.5 Å². The Balaban J connectivity index is 1.72. The number of oxime groups is 1. The highest BCUT2D eigenvalue weighted by Crippen LogP contribution is 2.35. The normalized spacial score (nSPS) is 15.4. The Morgan fingerprint density at radius 3 is 2.47 bits per heavy atom. The molecule has 11 heteroatoms. The molecule has 2 aromatic rings. The number of esters is 1. The van der Waals surface area contributed by atoms with E-state index in [0.29, 0.717) is 12.8 Å². The molecule has 0 bridgehead atoms. The predicted octanol–water partition coefficient (Wildman–Crippen LogP) is 4.35. The Morgan fingerprint density at radius 2 is 1.85 bits per heavy atom. The maximum atomic E-state index is 12.9. The highest BCUT2D eigenvalue weighted by atomic mass is 32.1.